The molecular formula is C19H18N4O7. The van der Waals surface area contributed by atoms with E-state index in [0.29, 0.717) is 31.2 Å². The molecule has 1 saturated carbocycles. The monoisotopic (exact) mass is 414 g/mol. The number of carboxylic acid groups (broad SMARTS) is 2. The first-order valence-corrected chi connectivity index (χ1v) is 9.24. The van der Waals surface area contributed by atoms with Crippen LogP contribution < -0.4 is 0 Å². The Bertz CT molecular complexity index is 1070. The van der Waals surface area contributed by atoms with Gasteiger partial charge in [0.25, 0.3) is 5.91 Å². The molecule has 3 aromatic heterocycles. The highest BCUT2D eigenvalue weighted by molar-refractivity contribution is 6.27. The molecular weight excluding hydrogens is 396 g/mol. The summed E-state index contributed by atoms with van der Waals surface area (Å²) >= 11 is 0. The molecule has 0 bridgehead atoms. The highest BCUT2D eigenvalue weighted by Gasteiger charge is 2.31. The van der Waals surface area contributed by atoms with Gasteiger partial charge < -0.3 is 28.6 Å². The zero-order valence-corrected chi connectivity index (χ0v) is 15.7. The molecule has 11 heteroatoms. The summed E-state index contributed by atoms with van der Waals surface area (Å²) in [5.41, 5.74) is 1.34. The molecule has 156 valence electrons. The van der Waals surface area contributed by atoms with E-state index < -0.39 is 11.9 Å². The van der Waals surface area contributed by atoms with Crippen LogP contribution in [-0.2, 0) is 22.7 Å². The summed E-state index contributed by atoms with van der Waals surface area (Å²) in [6, 6.07) is 5.56. The number of carbonyl (C=O) groups excluding carboxylic acids is 1. The van der Waals surface area contributed by atoms with Crippen LogP contribution in [0.4, 0.5) is 0 Å². The van der Waals surface area contributed by atoms with E-state index in [9.17, 15) is 4.79 Å². The third-order valence-corrected chi connectivity index (χ3v) is 4.84. The standard InChI is InChI=1S/C17H16N4O3.C2H2O4/c22-17(12-8-15(24-19-12)11-3-4-11)20-5-6-21-13(9-18-16(21)10-20)14-2-1-7-23-14;3-1(4)2(5)6/h1-2,7-9,11H,3-6,10H2;(H,3,4)(H,5,6). The minimum absolute atomic E-state index is 0.0977. The molecule has 0 radical (unpaired) electrons. The van der Waals surface area contributed by atoms with Crippen molar-refractivity contribution in [3.63, 3.8) is 0 Å². The molecule has 11 nitrogen and oxygen atoms in total. The number of furan rings is 1. The summed E-state index contributed by atoms with van der Waals surface area (Å²) in [4.78, 5) is 37.1. The molecule has 0 saturated heterocycles. The van der Waals surface area contributed by atoms with E-state index >= 15 is 0 Å². The predicted octanol–water partition coefficient (Wildman–Crippen LogP) is 1.82. The van der Waals surface area contributed by atoms with Gasteiger partial charge in [-0.15, -0.1) is 0 Å². The minimum Gasteiger partial charge on any atom is -0.473 e. The van der Waals surface area contributed by atoms with Crippen molar-refractivity contribution in [2.24, 2.45) is 0 Å². The number of hydrogen-bond acceptors (Lipinski definition) is 7. The summed E-state index contributed by atoms with van der Waals surface area (Å²) in [5, 5.41) is 18.7. The number of aliphatic carboxylic acids is 2. The lowest BCUT2D eigenvalue weighted by Crippen LogP contribution is -2.38. The van der Waals surface area contributed by atoms with Crippen molar-refractivity contribution >= 4 is 17.8 Å². The fraction of sp³-hybridized carbons (Fsp3) is 0.316. The Hall–Kier alpha value is -3.89. The van der Waals surface area contributed by atoms with E-state index in [1.54, 1.807) is 23.4 Å². The molecule has 1 fully saturated rings. The van der Waals surface area contributed by atoms with Crippen molar-refractivity contribution in [1.29, 1.82) is 0 Å². The summed E-state index contributed by atoms with van der Waals surface area (Å²) in [6.45, 7) is 1.76. The first-order chi connectivity index (χ1) is 14.4. The Morgan fingerprint density at radius 3 is 2.53 bits per heavy atom. The maximum atomic E-state index is 12.6. The molecule has 0 spiro atoms. The quantitative estimate of drug-likeness (QED) is 0.611. The van der Waals surface area contributed by atoms with E-state index in [1.165, 1.54) is 0 Å². The van der Waals surface area contributed by atoms with E-state index in [-0.39, 0.29) is 5.91 Å². The lowest BCUT2D eigenvalue weighted by Gasteiger charge is -2.27. The van der Waals surface area contributed by atoms with Crippen molar-refractivity contribution in [1.82, 2.24) is 19.6 Å². The lowest BCUT2D eigenvalue weighted by molar-refractivity contribution is -0.159. The van der Waals surface area contributed by atoms with Crippen LogP contribution in [0, 0.1) is 0 Å². The minimum atomic E-state index is -1.82. The second-order valence-electron chi connectivity index (χ2n) is 6.91. The first-order valence-electron chi connectivity index (χ1n) is 9.24. The van der Waals surface area contributed by atoms with Crippen molar-refractivity contribution < 1.29 is 33.5 Å². The molecule has 3 aromatic rings. The van der Waals surface area contributed by atoms with Gasteiger partial charge in [0.2, 0.25) is 0 Å². The topological polar surface area (TPSA) is 152 Å². The maximum Gasteiger partial charge on any atom is 0.414 e. The number of fused-ring (bicyclic) bond motifs is 1. The van der Waals surface area contributed by atoms with E-state index in [2.05, 4.69) is 14.7 Å². The van der Waals surface area contributed by atoms with Crippen LogP contribution in [0.1, 0.15) is 40.8 Å². The molecule has 2 aliphatic rings. The second kappa shape index (κ2) is 7.85. The fourth-order valence-corrected chi connectivity index (χ4v) is 3.17. The molecule has 1 aliphatic carbocycles. The van der Waals surface area contributed by atoms with Gasteiger partial charge in [-0.1, -0.05) is 5.16 Å². The predicted molar refractivity (Wildman–Crippen MR) is 98.4 cm³/mol. The zero-order valence-electron chi connectivity index (χ0n) is 15.7. The number of carbonyl (C=O) groups is 3. The third kappa shape index (κ3) is 3.95. The van der Waals surface area contributed by atoms with Crippen LogP contribution in [0.25, 0.3) is 11.5 Å². The summed E-state index contributed by atoms with van der Waals surface area (Å²) in [7, 11) is 0. The number of aromatic nitrogens is 3. The number of amides is 1. The van der Waals surface area contributed by atoms with E-state index in [0.717, 1.165) is 35.9 Å². The van der Waals surface area contributed by atoms with Gasteiger partial charge in [0.15, 0.2) is 11.5 Å². The number of carboxylic acids is 2. The van der Waals surface area contributed by atoms with Crippen molar-refractivity contribution in [3.8, 4) is 11.5 Å². The zero-order chi connectivity index (χ0) is 21.3. The number of nitrogens with zero attached hydrogens (tertiary/aromatic N) is 4. The molecule has 30 heavy (non-hydrogen) atoms. The maximum absolute atomic E-state index is 12.6. The summed E-state index contributed by atoms with van der Waals surface area (Å²) in [6.07, 6.45) is 5.69. The fourth-order valence-electron chi connectivity index (χ4n) is 3.17. The van der Waals surface area contributed by atoms with Gasteiger partial charge in [-0.2, -0.15) is 0 Å². The highest BCUT2D eigenvalue weighted by Crippen LogP contribution is 2.40. The highest BCUT2D eigenvalue weighted by atomic mass is 16.5. The molecule has 1 amide bonds. The van der Waals surface area contributed by atoms with Gasteiger partial charge in [-0.25, -0.2) is 14.6 Å². The lowest BCUT2D eigenvalue weighted by atomic mass is 10.2. The third-order valence-electron chi connectivity index (χ3n) is 4.84. The van der Waals surface area contributed by atoms with Crippen LogP contribution in [0.5, 0.6) is 0 Å². The second-order valence-corrected chi connectivity index (χ2v) is 6.91. The normalized spacial score (nSPS) is 15.1. The van der Waals surface area contributed by atoms with Gasteiger partial charge in [-0.05, 0) is 25.0 Å². The molecule has 4 heterocycles. The Morgan fingerprint density at radius 2 is 1.90 bits per heavy atom. The van der Waals surface area contributed by atoms with Crippen molar-refractivity contribution in [3.05, 3.63) is 47.9 Å². The van der Waals surface area contributed by atoms with Gasteiger partial charge in [0, 0.05) is 25.1 Å². The van der Waals surface area contributed by atoms with Crippen LogP contribution in [0.15, 0.2) is 39.6 Å². The first kappa shape index (κ1) is 19.4. The van der Waals surface area contributed by atoms with Crippen LogP contribution >= 0.6 is 0 Å². The number of hydrogen-bond donors (Lipinski definition) is 2. The average molecular weight is 414 g/mol. The molecule has 0 unspecified atom stereocenters. The number of imidazole rings is 1. The molecule has 2 N–H and O–H groups in total. The molecule has 0 atom stereocenters. The molecule has 0 aromatic carbocycles. The largest absolute Gasteiger partial charge is 0.473 e. The smallest absolute Gasteiger partial charge is 0.414 e. The number of rotatable bonds is 3. The van der Waals surface area contributed by atoms with Gasteiger partial charge in [-0.3, -0.25) is 4.79 Å². The van der Waals surface area contributed by atoms with Crippen LogP contribution in [0.3, 0.4) is 0 Å². The average Bonchev–Trinajstić information content (AvgIpc) is 3.16. The molecule has 5 rings (SSSR count). The van der Waals surface area contributed by atoms with Crippen molar-refractivity contribution in [2.45, 2.75) is 31.8 Å². The Balaban J connectivity index is 0.000000322. The Morgan fingerprint density at radius 1 is 1.13 bits per heavy atom. The van der Waals surface area contributed by atoms with Gasteiger partial charge in [0.1, 0.15) is 17.3 Å². The van der Waals surface area contributed by atoms with Crippen LogP contribution in [0.2, 0.25) is 0 Å². The van der Waals surface area contributed by atoms with Crippen LogP contribution in [-0.4, -0.2) is 54.2 Å². The van der Waals surface area contributed by atoms with E-state index in [1.807, 2.05) is 12.1 Å². The van der Waals surface area contributed by atoms with E-state index in [4.69, 9.17) is 28.7 Å². The Kier molecular flexibility index (Phi) is 5.09. The van der Waals surface area contributed by atoms with Gasteiger partial charge >= 0.3 is 11.9 Å². The van der Waals surface area contributed by atoms with Crippen molar-refractivity contribution in [2.75, 3.05) is 6.54 Å². The summed E-state index contributed by atoms with van der Waals surface area (Å²) < 4.78 is 12.8. The Labute approximate surface area is 169 Å². The van der Waals surface area contributed by atoms with Gasteiger partial charge in [0.05, 0.1) is 19.0 Å². The SMILES string of the molecule is O=C(O)C(=O)O.O=C(c1cc(C2CC2)on1)N1CCn2c(-c3ccco3)cnc2C1. The summed E-state index contributed by atoms with van der Waals surface area (Å²) in [5.74, 6) is -0.817. The molecule has 1 aliphatic heterocycles.